The van der Waals surface area contributed by atoms with E-state index in [0.29, 0.717) is 35.1 Å². The first-order valence-corrected chi connectivity index (χ1v) is 15.8. The molecule has 4 aromatic carbocycles. The fraction of sp³-hybridized carbons (Fsp3) is 0.333. The summed E-state index contributed by atoms with van der Waals surface area (Å²) < 4.78 is 0. The van der Waals surface area contributed by atoms with Crippen LogP contribution in [0.3, 0.4) is 0 Å². The molecule has 5 rings (SSSR count). The maximum absolute atomic E-state index is 15.2. The van der Waals surface area contributed by atoms with Crippen molar-refractivity contribution in [3.63, 3.8) is 0 Å². The van der Waals surface area contributed by atoms with Gasteiger partial charge in [-0.1, -0.05) is 149 Å². The highest BCUT2D eigenvalue weighted by atomic mass is 16.3. The lowest BCUT2D eigenvalue weighted by Crippen LogP contribution is -2.67. The van der Waals surface area contributed by atoms with Gasteiger partial charge in [0, 0.05) is 0 Å². The fourth-order valence-electron chi connectivity index (χ4n) is 7.16. The minimum atomic E-state index is -1.72. The molecule has 1 fully saturated rings. The van der Waals surface area contributed by atoms with Crippen LogP contribution in [0.1, 0.15) is 62.8 Å². The van der Waals surface area contributed by atoms with Gasteiger partial charge in [-0.05, 0) is 46.9 Å². The van der Waals surface area contributed by atoms with Gasteiger partial charge >= 0.3 is 0 Å². The molecule has 1 aliphatic carbocycles. The Morgan fingerprint density at radius 3 is 1.07 bits per heavy atom. The summed E-state index contributed by atoms with van der Waals surface area (Å²) in [6.45, 7) is 7.86. The first-order valence-electron chi connectivity index (χ1n) is 15.8. The van der Waals surface area contributed by atoms with Crippen LogP contribution in [0.15, 0.2) is 121 Å². The summed E-state index contributed by atoms with van der Waals surface area (Å²) in [5.41, 5.74) is 3.52. The molecular formula is C39H44N2O4. The van der Waals surface area contributed by atoms with E-state index in [1.165, 1.54) is 0 Å². The first kappa shape index (κ1) is 32.1. The summed E-state index contributed by atoms with van der Waals surface area (Å²) in [6.07, 6.45) is 0.634. The Bertz CT molecular complexity index is 1410. The monoisotopic (exact) mass is 604 g/mol. The van der Waals surface area contributed by atoms with Crippen molar-refractivity contribution in [1.82, 2.24) is 4.90 Å². The van der Waals surface area contributed by atoms with E-state index in [2.05, 4.69) is 0 Å². The maximum atomic E-state index is 15.2. The van der Waals surface area contributed by atoms with Gasteiger partial charge in [0.15, 0.2) is 0 Å². The lowest BCUT2D eigenvalue weighted by molar-refractivity contribution is -0.168. The number of rotatable bonds is 12. The normalized spacial score (nSPS) is 15.8. The van der Waals surface area contributed by atoms with Crippen molar-refractivity contribution in [2.45, 2.75) is 63.8 Å². The Morgan fingerprint density at radius 1 is 0.600 bits per heavy atom. The van der Waals surface area contributed by atoms with Crippen LogP contribution in [-0.2, 0) is 20.8 Å². The number of carbonyl (C=O) groups excluding carboxylic acids is 2. The van der Waals surface area contributed by atoms with E-state index in [0.717, 1.165) is 0 Å². The van der Waals surface area contributed by atoms with Gasteiger partial charge in [0.05, 0.1) is 12.1 Å². The zero-order chi connectivity index (χ0) is 32.4. The molecule has 4 aromatic rings. The molecule has 1 saturated carbocycles. The average Bonchev–Trinajstić information content (AvgIpc) is 3.88. The van der Waals surface area contributed by atoms with E-state index in [4.69, 9.17) is 5.73 Å². The third-order valence-electron chi connectivity index (χ3n) is 9.44. The van der Waals surface area contributed by atoms with Crippen LogP contribution >= 0.6 is 0 Å². The Hall–Kier alpha value is -4.26. The summed E-state index contributed by atoms with van der Waals surface area (Å²) in [5.74, 6) is -1.82. The second-order valence-corrected chi connectivity index (χ2v) is 13.0. The lowest BCUT2D eigenvalue weighted by Gasteiger charge is -2.54. The summed E-state index contributed by atoms with van der Waals surface area (Å²) in [5, 5.41) is 26.5. The topological polar surface area (TPSA) is 104 Å². The summed E-state index contributed by atoms with van der Waals surface area (Å²) in [6, 6.07) is 35.5. The summed E-state index contributed by atoms with van der Waals surface area (Å²) >= 11 is 0. The molecule has 0 aliphatic heterocycles. The standard InChI is InChI=1S/C39H44N2O4/c1-27(2)33(38(44,29-17-9-5-10-18-29)30-19-11-6-12-20-30)41(36(43)37(25-26-37)35(40)42)34(28(3)4)39(45,31-21-13-7-14-22-31)32-23-15-8-16-24-32/h5-24,27-28,33-34,44-45H,25-26H2,1-4H3,(H2,40,42)/t33-,34-/m1/s1. The van der Waals surface area contributed by atoms with Crippen LogP contribution in [-0.4, -0.2) is 39.0 Å². The van der Waals surface area contributed by atoms with Gasteiger partial charge in [-0.2, -0.15) is 0 Å². The minimum absolute atomic E-state index is 0.317. The molecule has 6 nitrogen and oxygen atoms in total. The third-order valence-corrected chi connectivity index (χ3v) is 9.44. The highest BCUT2D eigenvalue weighted by molar-refractivity contribution is 6.07. The van der Waals surface area contributed by atoms with Gasteiger partial charge in [-0.15, -0.1) is 0 Å². The molecule has 4 N–H and O–H groups in total. The van der Waals surface area contributed by atoms with Gasteiger partial charge in [0.2, 0.25) is 11.8 Å². The van der Waals surface area contributed by atoms with Crippen LogP contribution in [0.5, 0.6) is 0 Å². The molecule has 0 aromatic heterocycles. The van der Waals surface area contributed by atoms with Crippen molar-refractivity contribution < 1.29 is 19.8 Å². The van der Waals surface area contributed by atoms with Gasteiger partial charge in [0.25, 0.3) is 0 Å². The highest BCUT2D eigenvalue weighted by Gasteiger charge is 2.63. The summed E-state index contributed by atoms with van der Waals surface area (Å²) in [4.78, 5) is 29.9. The number of hydrogen-bond acceptors (Lipinski definition) is 4. The predicted molar refractivity (Wildman–Crippen MR) is 177 cm³/mol. The van der Waals surface area contributed by atoms with E-state index in [-0.39, 0.29) is 11.8 Å². The predicted octanol–water partition coefficient (Wildman–Crippen LogP) is 6.00. The lowest BCUT2D eigenvalue weighted by atomic mass is 9.70. The van der Waals surface area contributed by atoms with E-state index < -0.39 is 40.5 Å². The quantitative estimate of drug-likeness (QED) is 0.173. The fourth-order valence-corrected chi connectivity index (χ4v) is 7.16. The molecule has 2 atom stereocenters. The van der Waals surface area contributed by atoms with Crippen LogP contribution in [0, 0.1) is 17.3 Å². The van der Waals surface area contributed by atoms with Gasteiger partial charge in [-0.25, -0.2) is 0 Å². The molecule has 0 spiro atoms. The molecule has 45 heavy (non-hydrogen) atoms. The van der Waals surface area contributed by atoms with Crippen LogP contribution in [0.4, 0.5) is 0 Å². The number of amides is 2. The Morgan fingerprint density at radius 2 is 0.867 bits per heavy atom. The number of nitrogens with zero attached hydrogens (tertiary/aromatic N) is 1. The number of primary amides is 1. The molecular weight excluding hydrogens is 560 g/mol. The number of hydrogen-bond donors (Lipinski definition) is 3. The molecule has 0 saturated heterocycles. The molecule has 0 unspecified atom stereocenters. The second-order valence-electron chi connectivity index (χ2n) is 13.0. The molecule has 0 radical (unpaired) electrons. The Balaban J connectivity index is 1.87. The third kappa shape index (κ3) is 5.58. The molecule has 0 heterocycles. The van der Waals surface area contributed by atoms with Crippen molar-refractivity contribution in [3.05, 3.63) is 144 Å². The van der Waals surface area contributed by atoms with Crippen molar-refractivity contribution in [3.8, 4) is 0 Å². The molecule has 234 valence electrons. The van der Waals surface area contributed by atoms with Gasteiger partial charge in [-0.3, -0.25) is 9.59 Å². The average molecular weight is 605 g/mol. The molecule has 0 bridgehead atoms. The number of aliphatic hydroxyl groups is 2. The van der Waals surface area contributed by atoms with Crippen molar-refractivity contribution in [2.75, 3.05) is 0 Å². The zero-order valence-corrected chi connectivity index (χ0v) is 26.5. The van der Waals surface area contributed by atoms with Crippen LogP contribution in [0.25, 0.3) is 0 Å². The van der Waals surface area contributed by atoms with Crippen molar-refractivity contribution in [1.29, 1.82) is 0 Å². The van der Waals surface area contributed by atoms with E-state index >= 15 is 4.79 Å². The largest absolute Gasteiger partial charge is 0.378 e. The van der Waals surface area contributed by atoms with E-state index in [1.54, 1.807) is 4.90 Å². The Kier molecular flexibility index (Phi) is 9.02. The maximum Gasteiger partial charge on any atom is 0.239 e. The SMILES string of the molecule is CC(C)[C@@H](N(C(=O)C1(C(N)=O)CC1)[C@H](C(C)C)C(O)(c1ccccc1)c1ccccc1)C(O)(c1ccccc1)c1ccccc1. The van der Waals surface area contributed by atoms with Crippen LogP contribution in [0.2, 0.25) is 0 Å². The Labute approximate surface area is 266 Å². The van der Waals surface area contributed by atoms with Crippen molar-refractivity contribution >= 4 is 11.8 Å². The van der Waals surface area contributed by atoms with Gasteiger partial charge in [0.1, 0.15) is 16.6 Å². The highest BCUT2D eigenvalue weighted by Crippen LogP contribution is 2.52. The smallest absolute Gasteiger partial charge is 0.239 e. The van der Waals surface area contributed by atoms with Crippen molar-refractivity contribution in [2.24, 2.45) is 23.0 Å². The number of benzene rings is 4. The molecule has 2 amide bonds. The molecule has 1 aliphatic rings. The second kappa shape index (κ2) is 12.6. The van der Waals surface area contributed by atoms with Gasteiger partial charge < -0.3 is 20.8 Å². The van der Waals surface area contributed by atoms with Crippen LogP contribution < -0.4 is 5.73 Å². The first-order chi connectivity index (χ1) is 21.5. The summed E-state index contributed by atoms with van der Waals surface area (Å²) in [7, 11) is 0. The zero-order valence-electron chi connectivity index (χ0n) is 26.5. The number of carbonyl (C=O) groups is 2. The van der Waals surface area contributed by atoms with E-state index in [9.17, 15) is 15.0 Å². The number of nitrogens with two attached hydrogens (primary N) is 1. The molecule has 6 heteroatoms. The minimum Gasteiger partial charge on any atom is -0.378 e. The van der Waals surface area contributed by atoms with E-state index in [1.807, 2.05) is 149 Å².